The van der Waals surface area contributed by atoms with E-state index in [1.165, 1.54) is 0 Å². The summed E-state index contributed by atoms with van der Waals surface area (Å²) in [5, 5.41) is 2.70. The number of nitrogens with one attached hydrogen (secondary N) is 1. The number of amides is 2. The summed E-state index contributed by atoms with van der Waals surface area (Å²) in [7, 11) is 0. The van der Waals surface area contributed by atoms with Crippen LogP contribution in [0, 0.1) is 0 Å². The third-order valence-electron chi connectivity index (χ3n) is 3.82. The number of benzene rings is 1. The monoisotopic (exact) mass is 369 g/mol. The highest BCUT2D eigenvalue weighted by Gasteiger charge is 2.28. The van der Waals surface area contributed by atoms with Crippen LogP contribution in [0.4, 0.5) is 10.6 Å². The van der Waals surface area contributed by atoms with Gasteiger partial charge in [0.05, 0.1) is 5.56 Å². The van der Waals surface area contributed by atoms with Gasteiger partial charge in [-0.1, -0.05) is 12.1 Å². The first-order chi connectivity index (χ1) is 12.8. The van der Waals surface area contributed by atoms with Crippen molar-refractivity contribution >= 4 is 17.8 Å². The van der Waals surface area contributed by atoms with Gasteiger partial charge in [0.25, 0.3) is 5.91 Å². The quantitative estimate of drug-likeness (QED) is 0.830. The maximum absolute atomic E-state index is 13.0. The molecule has 0 saturated heterocycles. The topological polar surface area (TPSA) is 80.8 Å². The molecule has 0 spiro atoms. The smallest absolute Gasteiger partial charge is 0.407 e. The van der Waals surface area contributed by atoms with E-state index in [1.54, 1.807) is 41.4 Å². The fraction of sp³-hybridized carbons (Fsp3) is 0.350. The van der Waals surface area contributed by atoms with Crippen LogP contribution < -0.4 is 15.0 Å². The van der Waals surface area contributed by atoms with Crippen molar-refractivity contribution in [2.24, 2.45) is 0 Å². The van der Waals surface area contributed by atoms with Gasteiger partial charge in [0.2, 0.25) is 0 Å². The standard InChI is InChI=1S/C20H23N3O4/c1-20(2,3)27-19(25)22-12-7-13-23-17-16(10-6-11-21-17)26-15-9-5-4-8-14(15)18(23)24/h4-6,8-11H,7,12-13H2,1-3H3,(H,22,25). The zero-order valence-corrected chi connectivity index (χ0v) is 15.7. The van der Waals surface area contributed by atoms with Gasteiger partial charge in [0.1, 0.15) is 11.4 Å². The van der Waals surface area contributed by atoms with Crippen molar-refractivity contribution in [2.45, 2.75) is 32.8 Å². The lowest BCUT2D eigenvalue weighted by Gasteiger charge is -2.22. The minimum atomic E-state index is -0.547. The molecule has 0 aliphatic carbocycles. The number of aromatic nitrogens is 1. The molecule has 0 atom stereocenters. The Morgan fingerprint density at radius 2 is 1.93 bits per heavy atom. The van der Waals surface area contributed by atoms with Gasteiger partial charge in [-0.25, -0.2) is 9.78 Å². The molecule has 1 aliphatic heterocycles. The normalized spacial score (nSPS) is 13.1. The van der Waals surface area contributed by atoms with Gasteiger partial charge in [-0.05, 0) is 51.5 Å². The van der Waals surface area contributed by atoms with Crippen LogP contribution in [0.5, 0.6) is 11.5 Å². The number of anilines is 1. The van der Waals surface area contributed by atoms with Gasteiger partial charge in [0, 0.05) is 19.3 Å². The predicted octanol–water partition coefficient (Wildman–Crippen LogP) is 3.75. The highest BCUT2D eigenvalue weighted by Crippen LogP contribution is 2.37. The number of hydrogen-bond donors (Lipinski definition) is 1. The van der Waals surface area contributed by atoms with Crippen LogP contribution in [0.1, 0.15) is 37.6 Å². The van der Waals surface area contributed by atoms with Crippen molar-refractivity contribution in [1.82, 2.24) is 10.3 Å². The van der Waals surface area contributed by atoms with Crippen molar-refractivity contribution in [2.75, 3.05) is 18.0 Å². The van der Waals surface area contributed by atoms with Gasteiger partial charge >= 0.3 is 6.09 Å². The lowest BCUT2D eigenvalue weighted by Crippen LogP contribution is -2.36. The van der Waals surface area contributed by atoms with E-state index < -0.39 is 11.7 Å². The van der Waals surface area contributed by atoms with Gasteiger partial charge in [0.15, 0.2) is 11.6 Å². The Morgan fingerprint density at radius 3 is 2.70 bits per heavy atom. The summed E-state index contributed by atoms with van der Waals surface area (Å²) in [5.41, 5.74) is -0.0648. The molecule has 1 aromatic carbocycles. The van der Waals surface area contributed by atoms with Gasteiger partial charge < -0.3 is 14.8 Å². The minimum absolute atomic E-state index is 0.180. The number of rotatable bonds is 4. The first-order valence-electron chi connectivity index (χ1n) is 8.86. The number of para-hydroxylation sites is 1. The van der Waals surface area contributed by atoms with Crippen molar-refractivity contribution < 1.29 is 19.1 Å². The van der Waals surface area contributed by atoms with Crippen molar-refractivity contribution in [3.05, 3.63) is 48.2 Å². The molecule has 2 heterocycles. The third kappa shape index (κ3) is 4.55. The molecule has 0 unspecified atom stereocenters. The summed E-state index contributed by atoms with van der Waals surface area (Å²) in [5.74, 6) is 1.32. The van der Waals surface area contributed by atoms with Crippen molar-refractivity contribution in [3.63, 3.8) is 0 Å². The molecule has 0 fully saturated rings. The number of pyridine rings is 1. The van der Waals surface area contributed by atoms with Crippen LogP contribution in [0.3, 0.4) is 0 Å². The second-order valence-corrected chi connectivity index (χ2v) is 7.16. The molecular formula is C20H23N3O4. The number of fused-ring (bicyclic) bond motifs is 2. The van der Waals surface area contributed by atoms with Gasteiger partial charge in [-0.3, -0.25) is 9.69 Å². The number of carbonyl (C=O) groups excluding carboxylic acids is 2. The highest BCUT2D eigenvalue weighted by molar-refractivity contribution is 6.09. The zero-order chi connectivity index (χ0) is 19.4. The molecule has 1 aromatic heterocycles. The summed E-state index contributed by atoms with van der Waals surface area (Å²) in [6, 6.07) is 10.7. The number of carbonyl (C=O) groups is 2. The third-order valence-corrected chi connectivity index (χ3v) is 3.82. The second kappa shape index (κ2) is 7.65. The predicted molar refractivity (Wildman–Crippen MR) is 101 cm³/mol. The first kappa shape index (κ1) is 18.7. The van der Waals surface area contributed by atoms with Crippen LogP contribution in [-0.4, -0.2) is 35.7 Å². The van der Waals surface area contributed by atoms with E-state index in [9.17, 15) is 9.59 Å². The van der Waals surface area contributed by atoms with E-state index in [-0.39, 0.29) is 5.91 Å². The molecule has 0 bridgehead atoms. The van der Waals surface area contributed by atoms with Crippen molar-refractivity contribution in [3.8, 4) is 11.5 Å². The largest absolute Gasteiger partial charge is 0.453 e. The SMILES string of the molecule is CC(C)(C)OC(=O)NCCCN1C(=O)c2ccccc2Oc2cccnc21. The molecule has 27 heavy (non-hydrogen) atoms. The van der Waals surface area contributed by atoms with Crippen LogP contribution in [0.15, 0.2) is 42.6 Å². The number of nitrogens with zero attached hydrogens (tertiary/aromatic N) is 2. The fourth-order valence-corrected chi connectivity index (χ4v) is 2.71. The molecule has 2 aromatic rings. The Hall–Kier alpha value is -3.09. The molecule has 0 radical (unpaired) electrons. The number of hydrogen-bond acceptors (Lipinski definition) is 5. The van der Waals surface area contributed by atoms with E-state index in [0.29, 0.717) is 42.4 Å². The van der Waals surface area contributed by atoms with E-state index >= 15 is 0 Å². The lowest BCUT2D eigenvalue weighted by atomic mass is 10.1. The maximum atomic E-state index is 13.0. The van der Waals surface area contributed by atoms with Crippen LogP contribution >= 0.6 is 0 Å². The van der Waals surface area contributed by atoms with Crippen LogP contribution in [-0.2, 0) is 4.74 Å². The molecule has 1 N–H and O–H groups in total. The van der Waals surface area contributed by atoms with Crippen LogP contribution in [0.25, 0.3) is 0 Å². The molecule has 7 nitrogen and oxygen atoms in total. The molecular weight excluding hydrogens is 346 g/mol. The zero-order valence-electron chi connectivity index (χ0n) is 15.7. The summed E-state index contributed by atoms with van der Waals surface area (Å²) in [6.07, 6.45) is 1.69. The summed E-state index contributed by atoms with van der Waals surface area (Å²) >= 11 is 0. The lowest BCUT2D eigenvalue weighted by molar-refractivity contribution is 0.0527. The minimum Gasteiger partial charge on any atom is -0.453 e. The van der Waals surface area contributed by atoms with E-state index in [0.717, 1.165) is 0 Å². The summed E-state index contributed by atoms with van der Waals surface area (Å²) in [6.45, 7) is 6.19. The summed E-state index contributed by atoms with van der Waals surface area (Å²) < 4.78 is 11.1. The van der Waals surface area contributed by atoms with Gasteiger partial charge in [-0.2, -0.15) is 0 Å². The van der Waals surface area contributed by atoms with E-state index in [2.05, 4.69) is 10.3 Å². The number of ether oxygens (including phenoxy) is 2. The average molecular weight is 369 g/mol. The Bertz CT molecular complexity index is 845. The van der Waals surface area contributed by atoms with Crippen molar-refractivity contribution in [1.29, 1.82) is 0 Å². The molecule has 2 amide bonds. The maximum Gasteiger partial charge on any atom is 0.407 e. The highest BCUT2D eigenvalue weighted by atomic mass is 16.6. The van der Waals surface area contributed by atoms with E-state index in [1.807, 2.05) is 26.8 Å². The molecule has 3 rings (SSSR count). The Morgan fingerprint density at radius 1 is 1.19 bits per heavy atom. The Kier molecular flexibility index (Phi) is 5.30. The second-order valence-electron chi connectivity index (χ2n) is 7.16. The first-order valence-corrected chi connectivity index (χ1v) is 8.86. The molecule has 142 valence electrons. The van der Waals surface area contributed by atoms with E-state index in [4.69, 9.17) is 9.47 Å². The number of alkyl carbamates (subject to hydrolysis) is 1. The Balaban J connectivity index is 1.71. The average Bonchev–Trinajstić information content (AvgIpc) is 2.72. The molecule has 0 saturated carbocycles. The molecule has 7 heteroatoms. The van der Waals surface area contributed by atoms with Gasteiger partial charge in [-0.15, -0.1) is 0 Å². The Labute approximate surface area is 158 Å². The molecule has 1 aliphatic rings. The van der Waals surface area contributed by atoms with Crippen LogP contribution in [0.2, 0.25) is 0 Å². The summed E-state index contributed by atoms with van der Waals surface area (Å²) in [4.78, 5) is 30.7. The fourth-order valence-electron chi connectivity index (χ4n) is 2.71.